The van der Waals surface area contributed by atoms with E-state index in [1.165, 1.54) is 47.1 Å². The number of oxazole rings is 1. The van der Waals surface area contributed by atoms with Gasteiger partial charge in [-0.1, -0.05) is 30.5 Å². The molecule has 1 fully saturated rings. The molecule has 4 rings (SSSR count). The Bertz CT molecular complexity index is 1220. The number of aromatic nitrogens is 1. The number of benzene rings is 2. The zero-order valence-corrected chi connectivity index (χ0v) is 20.7. The lowest BCUT2D eigenvalue weighted by Crippen LogP contribution is -2.52. The molecule has 9 heteroatoms. The molecule has 1 aliphatic rings. The quantitative estimate of drug-likeness (QED) is 0.447. The summed E-state index contributed by atoms with van der Waals surface area (Å²) >= 11 is 5.98. The summed E-state index contributed by atoms with van der Waals surface area (Å²) in [5.41, 5.74) is -0.398. The number of hydrogen-bond acceptors (Lipinski definition) is 5. The molecule has 1 aliphatic carbocycles. The molecule has 0 radical (unpaired) electrons. The van der Waals surface area contributed by atoms with Gasteiger partial charge in [0.2, 0.25) is 15.9 Å². The molecule has 1 aromatic heterocycles. The number of aliphatic hydroxyl groups is 1. The van der Waals surface area contributed by atoms with Crippen LogP contribution in [0.5, 0.6) is 0 Å². The number of halogens is 2. The smallest absolute Gasteiger partial charge is 0.243 e. The maximum absolute atomic E-state index is 15.2. The molecule has 6 nitrogen and oxygen atoms in total. The number of hydrogen-bond donors (Lipinski definition) is 1. The van der Waals surface area contributed by atoms with Crippen LogP contribution in [0.3, 0.4) is 0 Å². The van der Waals surface area contributed by atoms with Crippen LogP contribution in [0.25, 0.3) is 11.5 Å². The van der Waals surface area contributed by atoms with E-state index < -0.39 is 27.5 Å². The summed E-state index contributed by atoms with van der Waals surface area (Å²) in [6.45, 7) is 3.24. The Morgan fingerprint density at radius 2 is 1.88 bits per heavy atom. The van der Waals surface area contributed by atoms with Crippen LogP contribution in [-0.2, 0) is 16.6 Å². The van der Waals surface area contributed by atoms with E-state index in [4.69, 9.17) is 16.0 Å². The van der Waals surface area contributed by atoms with Crippen molar-refractivity contribution in [2.75, 3.05) is 0 Å². The summed E-state index contributed by atoms with van der Waals surface area (Å²) < 4.78 is 49.5. The van der Waals surface area contributed by atoms with Crippen molar-refractivity contribution < 1.29 is 22.3 Å². The van der Waals surface area contributed by atoms with Crippen molar-refractivity contribution in [3.05, 3.63) is 71.3 Å². The minimum absolute atomic E-state index is 0.0776. The predicted molar refractivity (Wildman–Crippen MR) is 128 cm³/mol. The summed E-state index contributed by atoms with van der Waals surface area (Å²) in [5.74, 6) is -0.564. The molecular formula is C25H28ClFN2O4S. The van der Waals surface area contributed by atoms with Crippen LogP contribution in [0.2, 0.25) is 5.02 Å². The monoisotopic (exact) mass is 506 g/mol. The molecule has 0 unspecified atom stereocenters. The fourth-order valence-corrected chi connectivity index (χ4v) is 6.54. The normalized spacial score (nSPS) is 19.5. The molecule has 0 amide bonds. The molecular weight excluding hydrogens is 479 g/mol. The lowest BCUT2D eigenvalue weighted by Gasteiger charge is -2.44. The largest absolute Gasteiger partial charge is 0.445 e. The van der Waals surface area contributed by atoms with Gasteiger partial charge >= 0.3 is 0 Å². The number of sulfonamides is 1. The molecule has 2 atom stereocenters. The van der Waals surface area contributed by atoms with E-state index in [-0.39, 0.29) is 28.8 Å². The molecule has 182 valence electrons. The Kier molecular flexibility index (Phi) is 7.14. The van der Waals surface area contributed by atoms with Gasteiger partial charge in [-0.25, -0.2) is 17.8 Å². The van der Waals surface area contributed by atoms with E-state index in [2.05, 4.69) is 4.98 Å². The molecule has 34 heavy (non-hydrogen) atoms. The van der Waals surface area contributed by atoms with Crippen LogP contribution in [0, 0.1) is 11.7 Å². The van der Waals surface area contributed by atoms with Crippen LogP contribution in [0.4, 0.5) is 4.39 Å². The molecule has 1 heterocycles. The third-order valence-corrected chi connectivity index (χ3v) is 8.62. The average molecular weight is 507 g/mol. The highest BCUT2D eigenvalue weighted by molar-refractivity contribution is 7.89. The van der Waals surface area contributed by atoms with Gasteiger partial charge in [0.1, 0.15) is 12.1 Å². The fraction of sp³-hybridized carbons (Fsp3) is 0.400. The average Bonchev–Trinajstić information content (AvgIpc) is 3.33. The topological polar surface area (TPSA) is 83.6 Å². The third kappa shape index (κ3) is 5.20. The van der Waals surface area contributed by atoms with E-state index in [1.54, 1.807) is 26.0 Å². The van der Waals surface area contributed by atoms with Gasteiger partial charge in [0.05, 0.1) is 16.7 Å². The second kappa shape index (κ2) is 9.77. The minimum atomic E-state index is -4.01. The first-order chi connectivity index (χ1) is 16.1. The van der Waals surface area contributed by atoms with Crippen molar-refractivity contribution in [1.82, 2.24) is 9.29 Å². The van der Waals surface area contributed by atoms with Crippen molar-refractivity contribution in [1.29, 1.82) is 0 Å². The van der Waals surface area contributed by atoms with Crippen molar-refractivity contribution >= 4 is 21.6 Å². The highest BCUT2D eigenvalue weighted by Gasteiger charge is 2.43. The van der Waals surface area contributed by atoms with Crippen LogP contribution in [-0.4, -0.2) is 34.5 Å². The van der Waals surface area contributed by atoms with Gasteiger partial charge in [-0.3, -0.25) is 0 Å². The first-order valence-corrected chi connectivity index (χ1v) is 13.1. The molecule has 0 saturated heterocycles. The second-order valence-electron chi connectivity index (χ2n) is 9.26. The lowest BCUT2D eigenvalue weighted by atomic mass is 9.75. The summed E-state index contributed by atoms with van der Waals surface area (Å²) in [6, 6.07) is 9.97. The van der Waals surface area contributed by atoms with Crippen molar-refractivity contribution in [2.24, 2.45) is 5.92 Å². The Labute approximate surface area is 204 Å². The van der Waals surface area contributed by atoms with Crippen LogP contribution in [0.1, 0.15) is 45.1 Å². The zero-order chi connectivity index (χ0) is 24.5. The Morgan fingerprint density at radius 3 is 2.50 bits per heavy atom. The first-order valence-electron chi connectivity index (χ1n) is 11.3. The van der Waals surface area contributed by atoms with Crippen LogP contribution >= 0.6 is 11.6 Å². The highest BCUT2D eigenvalue weighted by atomic mass is 35.5. The minimum Gasteiger partial charge on any atom is -0.445 e. The lowest BCUT2D eigenvalue weighted by molar-refractivity contribution is -0.0312. The molecule has 1 N–H and O–H groups in total. The molecule has 3 aromatic rings. The highest BCUT2D eigenvalue weighted by Crippen LogP contribution is 2.39. The van der Waals surface area contributed by atoms with Gasteiger partial charge in [0.25, 0.3) is 0 Å². The first kappa shape index (κ1) is 24.9. The Hall–Kier alpha value is -2.26. The Morgan fingerprint density at radius 1 is 1.18 bits per heavy atom. The summed E-state index contributed by atoms with van der Waals surface area (Å²) in [4.78, 5) is 4.11. The van der Waals surface area contributed by atoms with Gasteiger partial charge in [-0.05, 0) is 63.1 Å². The third-order valence-electron chi connectivity index (χ3n) is 6.49. The van der Waals surface area contributed by atoms with E-state index in [0.717, 1.165) is 12.8 Å². The van der Waals surface area contributed by atoms with Gasteiger partial charge in [-0.15, -0.1) is 0 Å². The summed E-state index contributed by atoms with van der Waals surface area (Å²) in [6.07, 6.45) is 5.88. The van der Waals surface area contributed by atoms with E-state index in [0.29, 0.717) is 23.4 Å². The standard InChI is InChI=1S/C25H28ClFN2O4S/c1-25(2,30)21-5-3-4-6-23(21)29(34(31,32)20-11-9-19(26)10-12-20)16-18-8-7-17(15-22(18)27)24-28-13-14-33-24/h7-15,21,23,30H,3-6,16H2,1-2H3/t21-,23-/m1/s1. The van der Waals surface area contributed by atoms with Crippen molar-refractivity contribution in [3.8, 4) is 11.5 Å². The van der Waals surface area contributed by atoms with Gasteiger partial charge in [0.15, 0.2) is 0 Å². The number of nitrogens with zero attached hydrogens (tertiary/aromatic N) is 2. The maximum Gasteiger partial charge on any atom is 0.243 e. The van der Waals surface area contributed by atoms with Crippen LogP contribution < -0.4 is 0 Å². The molecule has 0 spiro atoms. The molecule has 0 bridgehead atoms. The summed E-state index contributed by atoms with van der Waals surface area (Å²) in [5, 5.41) is 11.3. The van der Waals surface area contributed by atoms with Crippen molar-refractivity contribution in [2.45, 2.75) is 62.6 Å². The van der Waals surface area contributed by atoms with Crippen LogP contribution in [0.15, 0.2) is 64.2 Å². The van der Waals surface area contributed by atoms with E-state index >= 15 is 4.39 Å². The number of rotatable bonds is 7. The zero-order valence-electron chi connectivity index (χ0n) is 19.1. The Balaban J connectivity index is 1.76. The maximum atomic E-state index is 15.2. The molecule has 2 aromatic carbocycles. The second-order valence-corrected chi connectivity index (χ2v) is 11.6. The van der Waals surface area contributed by atoms with Gasteiger partial charge < -0.3 is 9.52 Å². The van der Waals surface area contributed by atoms with Gasteiger partial charge in [-0.2, -0.15) is 4.31 Å². The van der Waals surface area contributed by atoms with Gasteiger partial charge in [0, 0.05) is 34.7 Å². The molecule has 0 aliphatic heterocycles. The SMILES string of the molecule is CC(C)(O)[C@@H]1CCCC[C@H]1N(Cc1ccc(-c2ncco2)cc1F)S(=O)(=O)c1ccc(Cl)cc1. The predicted octanol–water partition coefficient (Wildman–Crippen LogP) is 5.65. The summed E-state index contributed by atoms with van der Waals surface area (Å²) in [7, 11) is -4.01. The van der Waals surface area contributed by atoms with Crippen molar-refractivity contribution in [3.63, 3.8) is 0 Å². The van der Waals surface area contributed by atoms with E-state index in [1.807, 2.05) is 0 Å². The fourth-order valence-electron chi connectivity index (χ4n) is 4.74. The molecule has 1 saturated carbocycles. The van der Waals surface area contributed by atoms with E-state index in [9.17, 15) is 13.5 Å².